The molecule has 2 aromatic carbocycles. The molecule has 140 valence electrons. The number of rotatable bonds is 8. The second kappa shape index (κ2) is 8.86. The summed E-state index contributed by atoms with van der Waals surface area (Å²) >= 11 is 3.37. The number of ketones is 2. The molecule has 2 aromatic rings. The maximum atomic E-state index is 12.8. The highest BCUT2D eigenvalue weighted by Gasteiger charge is 2.30. The van der Waals surface area contributed by atoms with Gasteiger partial charge in [-0.25, -0.2) is 0 Å². The van der Waals surface area contributed by atoms with Crippen LogP contribution in [0.4, 0.5) is 0 Å². The van der Waals surface area contributed by atoms with E-state index in [2.05, 4.69) is 15.9 Å². The number of unbranched alkanes of at least 4 members (excludes halogenated alkanes) is 1. The van der Waals surface area contributed by atoms with E-state index in [1.165, 1.54) is 6.08 Å². The van der Waals surface area contributed by atoms with Gasteiger partial charge in [0.2, 0.25) is 5.78 Å². The van der Waals surface area contributed by atoms with Crippen LogP contribution >= 0.6 is 15.9 Å². The van der Waals surface area contributed by atoms with E-state index in [9.17, 15) is 9.59 Å². The Balaban J connectivity index is 1.80. The monoisotopic (exact) mass is 430 g/mol. The third-order valence-corrected chi connectivity index (χ3v) is 4.64. The first-order chi connectivity index (χ1) is 13.1. The third kappa shape index (κ3) is 4.39. The number of carbonyl (C=O) groups is 2. The summed E-state index contributed by atoms with van der Waals surface area (Å²) in [5.74, 6) is 0.910. The van der Waals surface area contributed by atoms with Crippen molar-refractivity contribution in [2.45, 2.75) is 12.8 Å². The van der Waals surface area contributed by atoms with Crippen molar-refractivity contribution >= 4 is 27.5 Å². The van der Waals surface area contributed by atoms with Gasteiger partial charge in [0, 0.05) is 17.0 Å². The van der Waals surface area contributed by atoms with Crippen LogP contribution in [0.5, 0.6) is 17.2 Å². The molecule has 0 heterocycles. The lowest BCUT2D eigenvalue weighted by Crippen LogP contribution is -2.21. The molecule has 0 amide bonds. The number of methoxy groups -OCH3 is 1. The van der Waals surface area contributed by atoms with Gasteiger partial charge in [-0.2, -0.15) is 0 Å². The summed E-state index contributed by atoms with van der Waals surface area (Å²) in [4.78, 5) is 25.4. The van der Waals surface area contributed by atoms with Gasteiger partial charge in [-0.05, 0) is 49.2 Å². The topological polar surface area (TPSA) is 61.8 Å². The molecule has 0 unspecified atom stereocenters. The molecule has 1 aliphatic rings. The summed E-state index contributed by atoms with van der Waals surface area (Å²) in [5.41, 5.74) is 0.590. The zero-order valence-electron chi connectivity index (χ0n) is 14.9. The van der Waals surface area contributed by atoms with Crippen LogP contribution in [0.3, 0.4) is 0 Å². The van der Waals surface area contributed by atoms with Crippen molar-refractivity contribution in [1.82, 2.24) is 0 Å². The SMILES string of the molecule is COc1ccc(OC2=CC(=O)c3c(OCCCCBr)cccc3C2=O)cc1. The Hall–Kier alpha value is -2.60. The standard InChI is InChI=1S/C21H19BrO5/c1-25-14-7-9-15(10-8-14)27-19-13-17(23)20-16(21(19)24)5-4-6-18(20)26-12-3-2-11-22/h4-10,13H,2-3,11-12H2,1H3. The van der Waals surface area contributed by atoms with Gasteiger partial charge < -0.3 is 14.2 Å². The van der Waals surface area contributed by atoms with Crippen LogP contribution in [0, 0.1) is 0 Å². The molecule has 0 N–H and O–H groups in total. The van der Waals surface area contributed by atoms with E-state index in [0.29, 0.717) is 35.0 Å². The molecule has 0 aromatic heterocycles. The molecule has 0 radical (unpaired) electrons. The second-order valence-corrected chi connectivity index (χ2v) is 6.70. The van der Waals surface area contributed by atoms with Crippen LogP contribution in [0.25, 0.3) is 0 Å². The molecule has 0 bridgehead atoms. The average Bonchev–Trinajstić information content (AvgIpc) is 2.69. The summed E-state index contributed by atoms with van der Waals surface area (Å²) in [6.45, 7) is 0.489. The van der Waals surface area contributed by atoms with Crippen molar-refractivity contribution in [2.75, 3.05) is 19.0 Å². The molecule has 0 saturated carbocycles. The van der Waals surface area contributed by atoms with Crippen LogP contribution in [-0.4, -0.2) is 30.6 Å². The maximum Gasteiger partial charge on any atom is 0.229 e. The minimum absolute atomic E-state index is 0.00546. The average molecular weight is 431 g/mol. The van der Waals surface area contributed by atoms with Crippen molar-refractivity contribution in [2.24, 2.45) is 0 Å². The number of Topliss-reactive ketones (excluding diaryl/α,β-unsaturated/α-hetero) is 1. The van der Waals surface area contributed by atoms with Crippen molar-refractivity contribution in [3.05, 3.63) is 65.4 Å². The van der Waals surface area contributed by atoms with Crippen LogP contribution in [0.2, 0.25) is 0 Å². The summed E-state index contributed by atoms with van der Waals surface area (Å²) in [6.07, 6.45) is 3.06. The molecule has 0 saturated heterocycles. The van der Waals surface area contributed by atoms with E-state index in [1.54, 1.807) is 49.6 Å². The molecule has 0 spiro atoms. The third-order valence-electron chi connectivity index (χ3n) is 4.08. The lowest BCUT2D eigenvalue weighted by Gasteiger charge is -2.18. The highest BCUT2D eigenvalue weighted by molar-refractivity contribution is 9.09. The normalized spacial score (nSPS) is 13.0. The Morgan fingerprint density at radius 1 is 0.963 bits per heavy atom. The van der Waals surface area contributed by atoms with Gasteiger partial charge in [0.25, 0.3) is 0 Å². The van der Waals surface area contributed by atoms with Gasteiger partial charge >= 0.3 is 0 Å². The van der Waals surface area contributed by atoms with Crippen LogP contribution in [-0.2, 0) is 0 Å². The predicted molar refractivity (Wildman–Crippen MR) is 105 cm³/mol. The fourth-order valence-electron chi connectivity index (χ4n) is 2.71. The number of benzene rings is 2. The smallest absolute Gasteiger partial charge is 0.229 e. The predicted octanol–water partition coefficient (Wildman–Crippen LogP) is 4.59. The van der Waals surface area contributed by atoms with Gasteiger partial charge in [0.1, 0.15) is 17.2 Å². The molecule has 3 rings (SSSR count). The number of hydrogen-bond acceptors (Lipinski definition) is 5. The summed E-state index contributed by atoms with van der Waals surface area (Å²) < 4.78 is 16.5. The minimum atomic E-state index is -0.341. The number of halogens is 1. The van der Waals surface area contributed by atoms with E-state index in [1.807, 2.05) is 0 Å². The second-order valence-electron chi connectivity index (χ2n) is 5.90. The minimum Gasteiger partial charge on any atom is -0.497 e. The summed E-state index contributed by atoms with van der Waals surface area (Å²) in [6, 6.07) is 11.8. The molecular weight excluding hydrogens is 412 g/mol. The van der Waals surface area contributed by atoms with E-state index < -0.39 is 0 Å². The van der Waals surface area contributed by atoms with Crippen LogP contribution in [0.1, 0.15) is 33.6 Å². The van der Waals surface area contributed by atoms with Gasteiger partial charge in [0.15, 0.2) is 11.5 Å². The van der Waals surface area contributed by atoms with E-state index in [4.69, 9.17) is 14.2 Å². The quantitative estimate of drug-likeness (QED) is 0.452. The first kappa shape index (κ1) is 19.2. The lowest BCUT2D eigenvalue weighted by atomic mass is 9.92. The number of alkyl halides is 1. The molecule has 27 heavy (non-hydrogen) atoms. The Morgan fingerprint density at radius 2 is 1.70 bits per heavy atom. The molecule has 5 nitrogen and oxygen atoms in total. The highest BCUT2D eigenvalue weighted by Crippen LogP contribution is 2.31. The number of allylic oxidation sites excluding steroid dienone is 2. The Kier molecular flexibility index (Phi) is 6.29. The fraction of sp³-hybridized carbons (Fsp3) is 0.238. The largest absolute Gasteiger partial charge is 0.497 e. The lowest BCUT2D eigenvalue weighted by molar-refractivity contribution is 0.0944. The van der Waals surface area contributed by atoms with E-state index in [0.717, 1.165) is 18.2 Å². The number of ether oxygens (including phenoxy) is 3. The molecule has 1 aliphatic carbocycles. The fourth-order valence-corrected chi connectivity index (χ4v) is 3.11. The Bertz CT molecular complexity index is 871. The molecule has 0 atom stereocenters. The zero-order chi connectivity index (χ0) is 19.2. The summed E-state index contributed by atoms with van der Waals surface area (Å²) in [5, 5.41) is 0.898. The van der Waals surface area contributed by atoms with Gasteiger partial charge in [-0.3, -0.25) is 9.59 Å². The van der Waals surface area contributed by atoms with Crippen molar-refractivity contribution in [3.8, 4) is 17.2 Å². The summed E-state index contributed by atoms with van der Waals surface area (Å²) in [7, 11) is 1.57. The zero-order valence-corrected chi connectivity index (χ0v) is 16.5. The number of fused-ring (bicyclic) bond motifs is 1. The highest BCUT2D eigenvalue weighted by atomic mass is 79.9. The van der Waals surface area contributed by atoms with E-state index >= 15 is 0 Å². The van der Waals surface area contributed by atoms with Gasteiger partial charge in [0.05, 0.1) is 19.3 Å². The van der Waals surface area contributed by atoms with Gasteiger partial charge in [-0.15, -0.1) is 0 Å². The van der Waals surface area contributed by atoms with Gasteiger partial charge in [-0.1, -0.05) is 22.0 Å². The number of carbonyl (C=O) groups excluding carboxylic acids is 2. The molecular formula is C21H19BrO5. The first-order valence-corrected chi connectivity index (χ1v) is 9.70. The maximum absolute atomic E-state index is 12.8. The van der Waals surface area contributed by atoms with Crippen LogP contribution < -0.4 is 14.2 Å². The van der Waals surface area contributed by atoms with Crippen molar-refractivity contribution in [3.63, 3.8) is 0 Å². The Labute approximate surface area is 166 Å². The first-order valence-electron chi connectivity index (χ1n) is 8.58. The van der Waals surface area contributed by atoms with E-state index in [-0.39, 0.29) is 17.3 Å². The van der Waals surface area contributed by atoms with Crippen molar-refractivity contribution < 1.29 is 23.8 Å². The van der Waals surface area contributed by atoms with Crippen molar-refractivity contribution in [1.29, 1.82) is 0 Å². The Morgan fingerprint density at radius 3 is 2.41 bits per heavy atom. The molecule has 0 aliphatic heterocycles. The molecule has 6 heteroatoms. The number of hydrogen-bond donors (Lipinski definition) is 0. The molecule has 0 fully saturated rings. The van der Waals surface area contributed by atoms with Crippen LogP contribution in [0.15, 0.2) is 54.3 Å².